The van der Waals surface area contributed by atoms with E-state index in [1.54, 1.807) is 6.07 Å². The third kappa shape index (κ3) is 6.40. The van der Waals surface area contributed by atoms with E-state index in [2.05, 4.69) is 12.2 Å². The molecule has 0 atom stereocenters. The summed E-state index contributed by atoms with van der Waals surface area (Å²) >= 11 is 1.03. The minimum atomic E-state index is -3.69. The molecule has 108 valence electrons. The van der Waals surface area contributed by atoms with Gasteiger partial charge in [-0.05, 0) is 18.6 Å². The molecule has 19 heavy (non-hydrogen) atoms. The molecule has 1 amide bonds. The summed E-state index contributed by atoms with van der Waals surface area (Å²) in [6.07, 6.45) is 4.64. The molecule has 0 aliphatic carbocycles. The van der Waals surface area contributed by atoms with E-state index in [0.29, 0.717) is 11.4 Å². The van der Waals surface area contributed by atoms with Crippen LogP contribution in [0.2, 0.25) is 0 Å². The number of carbonyl (C=O) groups is 1. The van der Waals surface area contributed by atoms with Gasteiger partial charge >= 0.3 is 0 Å². The molecule has 1 aromatic heterocycles. The van der Waals surface area contributed by atoms with Crippen LogP contribution in [0, 0.1) is 0 Å². The fraction of sp³-hybridized carbons (Fsp3) is 0.583. The van der Waals surface area contributed by atoms with Gasteiger partial charge in [0.2, 0.25) is 5.91 Å². The maximum Gasteiger partial charge on any atom is 0.270 e. The summed E-state index contributed by atoms with van der Waals surface area (Å²) in [5.41, 5.74) is 0. The number of thiophene rings is 1. The molecule has 0 saturated heterocycles. The number of halogens is 1. The lowest BCUT2D eigenvalue weighted by Gasteiger charge is -2.03. The molecule has 0 aromatic carbocycles. The lowest BCUT2D eigenvalue weighted by Crippen LogP contribution is -2.25. The molecule has 0 aliphatic rings. The van der Waals surface area contributed by atoms with E-state index in [0.717, 1.165) is 24.2 Å². The second kappa shape index (κ2) is 7.87. The van der Waals surface area contributed by atoms with Gasteiger partial charge in [0.25, 0.3) is 9.05 Å². The molecule has 0 saturated carbocycles. The van der Waals surface area contributed by atoms with Gasteiger partial charge in [0.05, 0.1) is 6.42 Å². The average molecular weight is 324 g/mol. The van der Waals surface area contributed by atoms with Crippen molar-refractivity contribution in [2.24, 2.45) is 0 Å². The minimum absolute atomic E-state index is 0.0833. The number of rotatable bonds is 8. The van der Waals surface area contributed by atoms with E-state index >= 15 is 0 Å². The SMILES string of the molecule is CCCCCCNC(=O)Cc1ccc(S(=O)(=O)Cl)s1. The van der Waals surface area contributed by atoms with Gasteiger partial charge in [-0.1, -0.05) is 26.2 Å². The van der Waals surface area contributed by atoms with E-state index < -0.39 is 9.05 Å². The maximum atomic E-state index is 11.6. The molecule has 1 rings (SSSR count). The Kier molecular flexibility index (Phi) is 6.82. The van der Waals surface area contributed by atoms with E-state index in [-0.39, 0.29) is 16.5 Å². The van der Waals surface area contributed by atoms with Gasteiger partial charge in [-0.3, -0.25) is 4.79 Å². The van der Waals surface area contributed by atoms with Crippen molar-refractivity contribution in [2.75, 3.05) is 6.54 Å². The third-order valence-electron chi connectivity index (χ3n) is 2.56. The Labute approximate surface area is 122 Å². The predicted octanol–water partition coefficient (Wildman–Crippen LogP) is 2.91. The van der Waals surface area contributed by atoms with Gasteiger partial charge < -0.3 is 5.32 Å². The van der Waals surface area contributed by atoms with Gasteiger partial charge in [-0.25, -0.2) is 8.42 Å². The normalized spacial score (nSPS) is 11.5. The Bertz CT molecular complexity index is 511. The van der Waals surface area contributed by atoms with Crippen LogP contribution in [-0.4, -0.2) is 20.9 Å². The smallest absolute Gasteiger partial charge is 0.270 e. The Morgan fingerprint density at radius 1 is 1.32 bits per heavy atom. The summed E-state index contributed by atoms with van der Waals surface area (Å²) in [4.78, 5) is 12.3. The van der Waals surface area contributed by atoms with Crippen LogP contribution in [-0.2, 0) is 20.3 Å². The molecule has 0 radical (unpaired) electrons. The van der Waals surface area contributed by atoms with Crippen LogP contribution in [0.4, 0.5) is 0 Å². The third-order valence-corrected chi connectivity index (χ3v) is 5.74. The summed E-state index contributed by atoms with van der Waals surface area (Å²) in [5.74, 6) is -0.0862. The highest BCUT2D eigenvalue weighted by molar-refractivity contribution is 8.15. The summed E-state index contributed by atoms with van der Waals surface area (Å²) in [6, 6.07) is 3.05. The van der Waals surface area contributed by atoms with Crippen molar-refractivity contribution in [3.05, 3.63) is 17.0 Å². The largest absolute Gasteiger partial charge is 0.356 e. The second-order valence-electron chi connectivity index (χ2n) is 4.25. The molecule has 0 fully saturated rings. The van der Waals surface area contributed by atoms with Crippen molar-refractivity contribution < 1.29 is 13.2 Å². The highest BCUT2D eigenvalue weighted by Crippen LogP contribution is 2.24. The predicted molar refractivity (Wildman–Crippen MR) is 78.2 cm³/mol. The summed E-state index contributed by atoms with van der Waals surface area (Å²) in [7, 11) is 1.54. The van der Waals surface area contributed by atoms with Crippen molar-refractivity contribution in [1.82, 2.24) is 5.32 Å². The summed E-state index contributed by atoms with van der Waals surface area (Å²) < 4.78 is 22.2. The molecule has 1 aromatic rings. The molecule has 0 aliphatic heterocycles. The number of carbonyl (C=O) groups excluding carboxylic acids is 1. The Balaban J connectivity index is 2.35. The van der Waals surface area contributed by atoms with Crippen LogP contribution >= 0.6 is 22.0 Å². The topological polar surface area (TPSA) is 63.2 Å². The molecular formula is C12H18ClNO3S2. The van der Waals surface area contributed by atoms with Crippen molar-refractivity contribution in [2.45, 2.75) is 43.2 Å². The monoisotopic (exact) mass is 323 g/mol. The molecule has 1 N–H and O–H groups in total. The van der Waals surface area contributed by atoms with E-state index in [1.165, 1.54) is 18.9 Å². The molecule has 0 bridgehead atoms. The van der Waals surface area contributed by atoms with Gasteiger partial charge in [-0.2, -0.15) is 0 Å². The maximum absolute atomic E-state index is 11.6. The van der Waals surface area contributed by atoms with Crippen LogP contribution in [0.3, 0.4) is 0 Å². The first-order valence-corrected chi connectivity index (χ1v) is 9.36. The lowest BCUT2D eigenvalue weighted by atomic mass is 10.2. The zero-order valence-electron chi connectivity index (χ0n) is 10.8. The number of unbranched alkanes of at least 4 members (excludes halogenated alkanes) is 3. The molecular weight excluding hydrogens is 306 g/mol. The summed E-state index contributed by atoms with van der Waals surface area (Å²) in [5, 5.41) is 2.82. The minimum Gasteiger partial charge on any atom is -0.356 e. The van der Waals surface area contributed by atoms with Crippen molar-refractivity contribution in [1.29, 1.82) is 0 Å². The highest BCUT2D eigenvalue weighted by Gasteiger charge is 2.14. The molecule has 1 heterocycles. The van der Waals surface area contributed by atoms with Gasteiger partial charge in [0.1, 0.15) is 4.21 Å². The van der Waals surface area contributed by atoms with Crippen molar-refractivity contribution in [3.63, 3.8) is 0 Å². The number of hydrogen-bond acceptors (Lipinski definition) is 4. The van der Waals surface area contributed by atoms with Gasteiger partial charge in [0, 0.05) is 22.1 Å². The molecule has 0 unspecified atom stereocenters. The van der Waals surface area contributed by atoms with Crippen LogP contribution < -0.4 is 5.32 Å². The average Bonchev–Trinajstić information content (AvgIpc) is 2.77. The van der Waals surface area contributed by atoms with Crippen LogP contribution in [0.25, 0.3) is 0 Å². The van der Waals surface area contributed by atoms with Crippen LogP contribution in [0.1, 0.15) is 37.5 Å². The fourth-order valence-electron chi connectivity index (χ4n) is 1.58. The first kappa shape index (κ1) is 16.5. The second-order valence-corrected chi connectivity index (χ2v) is 8.21. The zero-order chi connectivity index (χ0) is 14.3. The van der Waals surface area contributed by atoms with E-state index in [4.69, 9.17) is 10.7 Å². The zero-order valence-corrected chi connectivity index (χ0v) is 13.2. The first-order chi connectivity index (χ1) is 8.93. The standard InChI is InChI=1S/C12H18ClNO3S2/c1-2-3-4-5-8-14-11(15)9-10-6-7-12(18-10)19(13,16)17/h6-7H,2-5,8-9H2,1H3,(H,14,15). The van der Waals surface area contributed by atoms with Crippen LogP contribution in [0.5, 0.6) is 0 Å². The molecule has 4 nitrogen and oxygen atoms in total. The Morgan fingerprint density at radius 3 is 2.63 bits per heavy atom. The van der Waals surface area contributed by atoms with E-state index in [9.17, 15) is 13.2 Å². The van der Waals surface area contributed by atoms with Crippen molar-refractivity contribution >= 4 is 37.0 Å². The van der Waals surface area contributed by atoms with Crippen molar-refractivity contribution in [3.8, 4) is 0 Å². The van der Waals surface area contributed by atoms with Gasteiger partial charge in [0.15, 0.2) is 0 Å². The number of nitrogens with one attached hydrogen (secondary N) is 1. The number of amides is 1. The number of hydrogen-bond donors (Lipinski definition) is 1. The fourth-order valence-corrected chi connectivity index (χ4v) is 3.71. The molecule has 0 spiro atoms. The Morgan fingerprint density at radius 2 is 2.05 bits per heavy atom. The quantitative estimate of drug-likeness (QED) is 0.591. The lowest BCUT2D eigenvalue weighted by molar-refractivity contribution is -0.120. The Hall–Kier alpha value is -0.590. The first-order valence-electron chi connectivity index (χ1n) is 6.23. The van der Waals surface area contributed by atoms with Crippen LogP contribution in [0.15, 0.2) is 16.3 Å². The summed E-state index contributed by atoms with van der Waals surface area (Å²) in [6.45, 7) is 2.81. The molecule has 7 heteroatoms. The highest BCUT2D eigenvalue weighted by atomic mass is 35.7. The van der Waals surface area contributed by atoms with Gasteiger partial charge in [-0.15, -0.1) is 11.3 Å². The van der Waals surface area contributed by atoms with E-state index in [1.807, 2.05) is 0 Å².